The number of aliphatic hydroxyl groups excluding tert-OH is 1. The molecule has 0 heterocycles. The van der Waals surface area contributed by atoms with E-state index in [1.807, 2.05) is 25.1 Å². The number of hydrogen-bond acceptors (Lipinski definition) is 2. The van der Waals surface area contributed by atoms with Gasteiger partial charge in [0.25, 0.3) is 5.91 Å². The number of carbonyl (C=O) groups is 1. The van der Waals surface area contributed by atoms with Gasteiger partial charge in [0.1, 0.15) is 0 Å². The van der Waals surface area contributed by atoms with Crippen molar-refractivity contribution in [2.75, 3.05) is 6.54 Å². The van der Waals surface area contributed by atoms with Crippen molar-refractivity contribution in [3.05, 3.63) is 70.2 Å². The summed E-state index contributed by atoms with van der Waals surface area (Å²) in [7, 11) is 0. The summed E-state index contributed by atoms with van der Waals surface area (Å²) in [5.41, 5.74) is 2.20. The van der Waals surface area contributed by atoms with Crippen LogP contribution >= 0.6 is 11.6 Å². The van der Waals surface area contributed by atoms with Crippen LogP contribution < -0.4 is 5.32 Å². The highest BCUT2D eigenvalue weighted by Gasteiger charge is 2.12. The van der Waals surface area contributed by atoms with E-state index in [2.05, 4.69) is 5.32 Å². The number of benzene rings is 2. The third kappa shape index (κ3) is 3.59. The Kier molecular flexibility index (Phi) is 4.77. The van der Waals surface area contributed by atoms with Crippen LogP contribution in [0.15, 0.2) is 48.5 Å². The van der Waals surface area contributed by atoms with Gasteiger partial charge in [-0.3, -0.25) is 4.79 Å². The molecule has 1 atom stereocenters. The summed E-state index contributed by atoms with van der Waals surface area (Å²) >= 11 is 5.87. The summed E-state index contributed by atoms with van der Waals surface area (Å²) in [6, 6.07) is 14.3. The first-order valence-electron chi connectivity index (χ1n) is 6.35. The van der Waals surface area contributed by atoms with Gasteiger partial charge < -0.3 is 10.4 Å². The number of halogens is 1. The van der Waals surface area contributed by atoms with Gasteiger partial charge in [-0.1, -0.05) is 41.9 Å². The highest BCUT2D eigenvalue weighted by atomic mass is 35.5. The molecule has 2 aromatic rings. The van der Waals surface area contributed by atoms with E-state index in [0.717, 1.165) is 5.56 Å². The molecule has 20 heavy (non-hydrogen) atoms. The quantitative estimate of drug-likeness (QED) is 0.908. The number of nitrogens with one attached hydrogen (secondary N) is 1. The Bertz CT molecular complexity index is 613. The largest absolute Gasteiger partial charge is 0.387 e. The van der Waals surface area contributed by atoms with Crippen LogP contribution in [0.1, 0.15) is 27.6 Å². The molecule has 0 aliphatic rings. The maximum Gasteiger partial charge on any atom is 0.251 e. The minimum absolute atomic E-state index is 0.146. The summed E-state index contributed by atoms with van der Waals surface area (Å²) in [5.74, 6) is -0.191. The van der Waals surface area contributed by atoms with E-state index in [1.165, 1.54) is 0 Å². The summed E-state index contributed by atoms with van der Waals surface area (Å²) < 4.78 is 0. The molecule has 4 heteroatoms. The van der Waals surface area contributed by atoms with Gasteiger partial charge in [0.05, 0.1) is 6.10 Å². The van der Waals surface area contributed by atoms with Crippen LogP contribution in [0, 0.1) is 6.92 Å². The van der Waals surface area contributed by atoms with Crippen molar-refractivity contribution in [2.45, 2.75) is 13.0 Å². The second-order valence-corrected chi connectivity index (χ2v) is 5.03. The minimum atomic E-state index is -0.776. The fourth-order valence-corrected chi connectivity index (χ4v) is 2.14. The fraction of sp³-hybridized carbons (Fsp3) is 0.188. The highest BCUT2D eigenvalue weighted by molar-refractivity contribution is 6.30. The van der Waals surface area contributed by atoms with E-state index in [-0.39, 0.29) is 12.5 Å². The zero-order chi connectivity index (χ0) is 14.5. The van der Waals surface area contributed by atoms with Crippen molar-refractivity contribution < 1.29 is 9.90 Å². The van der Waals surface area contributed by atoms with Crippen LogP contribution in [0.2, 0.25) is 5.02 Å². The van der Waals surface area contributed by atoms with Crippen LogP contribution in [-0.2, 0) is 0 Å². The summed E-state index contributed by atoms with van der Waals surface area (Å²) in [6.45, 7) is 2.02. The third-order valence-corrected chi connectivity index (χ3v) is 3.31. The first kappa shape index (κ1) is 14.6. The number of rotatable bonds is 4. The fourth-order valence-electron chi connectivity index (χ4n) is 1.94. The molecule has 0 aromatic heterocycles. The summed E-state index contributed by atoms with van der Waals surface area (Å²) in [6.07, 6.45) is -0.776. The van der Waals surface area contributed by atoms with Gasteiger partial charge in [-0.15, -0.1) is 0 Å². The molecule has 0 saturated heterocycles. The van der Waals surface area contributed by atoms with Crippen molar-refractivity contribution in [2.24, 2.45) is 0 Å². The Morgan fingerprint density at radius 1 is 1.25 bits per heavy atom. The average molecular weight is 290 g/mol. The van der Waals surface area contributed by atoms with E-state index in [0.29, 0.717) is 16.1 Å². The van der Waals surface area contributed by atoms with Gasteiger partial charge in [-0.25, -0.2) is 0 Å². The van der Waals surface area contributed by atoms with Gasteiger partial charge in [-0.2, -0.15) is 0 Å². The molecule has 0 radical (unpaired) electrons. The lowest BCUT2D eigenvalue weighted by molar-refractivity contribution is 0.0915. The molecule has 3 nitrogen and oxygen atoms in total. The zero-order valence-electron chi connectivity index (χ0n) is 11.1. The lowest BCUT2D eigenvalue weighted by Gasteiger charge is -2.13. The molecule has 2 rings (SSSR count). The van der Waals surface area contributed by atoms with Gasteiger partial charge in [-0.05, 0) is 36.2 Å². The van der Waals surface area contributed by atoms with Crippen LogP contribution in [0.4, 0.5) is 0 Å². The Morgan fingerprint density at radius 3 is 2.70 bits per heavy atom. The maximum absolute atomic E-state index is 12.0. The van der Waals surface area contributed by atoms with Crippen molar-refractivity contribution in [1.82, 2.24) is 5.32 Å². The molecular formula is C16H16ClNO2. The molecule has 2 aromatic carbocycles. The molecule has 1 amide bonds. The van der Waals surface area contributed by atoms with E-state index >= 15 is 0 Å². The van der Waals surface area contributed by atoms with Crippen molar-refractivity contribution >= 4 is 17.5 Å². The first-order chi connectivity index (χ1) is 9.58. The van der Waals surface area contributed by atoms with Gasteiger partial charge in [0.15, 0.2) is 0 Å². The number of aliphatic hydroxyl groups is 1. The van der Waals surface area contributed by atoms with Crippen LogP contribution in [-0.4, -0.2) is 17.6 Å². The summed E-state index contributed by atoms with van der Waals surface area (Å²) in [4.78, 5) is 12.0. The predicted octanol–water partition coefficient (Wildman–Crippen LogP) is 3.11. The molecule has 0 unspecified atom stereocenters. The second kappa shape index (κ2) is 6.55. The Morgan fingerprint density at radius 2 is 2.00 bits per heavy atom. The minimum Gasteiger partial charge on any atom is -0.387 e. The van der Waals surface area contributed by atoms with E-state index < -0.39 is 6.10 Å². The van der Waals surface area contributed by atoms with E-state index in [4.69, 9.17) is 11.6 Å². The average Bonchev–Trinajstić information content (AvgIpc) is 2.45. The number of hydrogen-bond donors (Lipinski definition) is 2. The Labute approximate surface area is 123 Å². The monoisotopic (exact) mass is 289 g/mol. The predicted molar refractivity (Wildman–Crippen MR) is 79.9 cm³/mol. The van der Waals surface area contributed by atoms with Crippen molar-refractivity contribution in [1.29, 1.82) is 0 Å². The Hall–Kier alpha value is -1.84. The molecule has 104 valence electrons. The molecule has 0 fully saturated rings. The molecule has 0 spiro atoms. The Balaban J connectivity index is 1.99. The van der Waals surface area contributed by atoms with Crippen LogP contribution in [0.5, 0.6) is 0 Å². The molecule has 0 aliphatic heterocycles. The maximum atomic E-state index is 12.0. The summed E-state index contributed by atoms with van der Waals surface area (Å²) in [5, 5.41) is 13.3. The lowest BCUT2D eigenvalue weighted by atomic mass is 10.1. The molecule has 0 bridgehead atoms. The van der Waals surface area contributed by atoms with Gasteiger partial charge >= 0.3 is 0 Å². The number of amides is 1. The van der Waals surface area contributed by atoms with Crippen LogP contribution in [0.3, 0.4) is 0 Å². The van der Waals surface area contributed by atoms with Crippen LogP contribution in [0.25, 0.3) is 0 Å². The topological polar surface area (TPSA) is 49.3 Å². The van der Waals surface area contributed by atoms with E-state index in [1.54, 1.807) is 30.3 Å². The zero-order valence-corrected chi connectivity index (χ0v) is 11.9. The normalized spacial score (nSPS) is 11.9. The van der Waals surface area contributed by atoms with Gasteiger partial charge in [0.2, 0.25) is 0 Å². The molecule has 0 aliphatic carbocycles. The third-order valence-electron chi connectivity index (χ3n) is 3.08. The lowest BCUT2D eigenvalue weighted by Crippen LogP contribution is -2.28. The smallest absolute Gasteiger partial charge is 0.251 e. The molecular weight excluding hydrogens is 274 g/mol. The van der Waals surface area contributed by atoms with E-state index in [9.17, 15) is 9.90 Å². The number of aryl methyl sites for hydroxylation is 1. The molecule has 0 saturated carbocycles. The standard InChI is InChI=1S/C16H16ClNO2/c1-11-5-2-3-8-14(11)16(20)18-10-15(19)12-6-4-7-13(17)9-12/h2-9,15,19H,10H2,1H3,(H,18,20)/t15-/m1/s1. The first-order valence-corrected chi connectivity index (χ1v) is 6.73. The molecule has 2 N–H and O–H groups in total. The highest BCUT2D eigenvalue weighted by Crippen LogP contribution is 2.17. The number of carbonyl (C=O) groups excluding carboxylic acids is 1. The van der Waals surface area contributed by atoms with Gasteiger partial charge in [0, 0.05) is 17.1 Å². The van der Waals surface area contributed by atoms with Crippen molar-refractivity contribution in [3.63, 3.8) is 0 Å². The second-order valence-electron chi connectivity index (χ2n) is 4.60. The SMILES string of the molecule is Cc1ccccc1C(=O)NC[C@@H](O)c1cccc(Cl)c1. The van der Waals surface area contributed by atoms with Crippen molar-refractivity contribution in [3.8, 4) is 0 Å².